The molecule has 136 valence electrons. The van der Waals surface area contributed by atoms with E-state index in [0.29, 0.717) is 12.0 Å². The maximum Gasteiger partial charge on any atom is 0.329 e. The van der Waals surface area contributed by atoms with Gasteiger partial charge in [0.05, 0.1) is 0 Å². The summed E-state index contributed by atoms with van der Waals surface area (Å²) in [6.45, 7) is 0.173. The summed E-state index contributed by atoms with van der Waals surface area (Å²) in [4.78, 5) is 25.2. The summed E-state index contributed by atoms with van der Waals surface area (Å²) in [6.07, 6.45) is 0.368. The molecule has 1 N–H and O–H groups in total. The molecule has 0 saturated heterocycles. The highest BCUT2D eigenvalue weighted by atomic mass is 16.5. The van der Waals surface area contributed by atoms with Gasteiger partial charge in [-0.05, 0) is 23.3 Å². The van der Waals surface area contributed by atoms with Gasteiger partial charge in [-0.1, -0.05) is 78.9 Å². The van der Waals surface area contributed by atoms with Crippen LogP contribution < -0.4 is 5.32 Å². The molecule has 0 fully saturated rings. The molecule has 3 rings (SSSR count). The minimum atomic E-state index is -0.760. The van der Waals surface area contributed by atoms with Crippen LogP contribution in [0.1, 0.15) is 21.5 Å². The second-order valence-electron chi connectivity index (χ2n) is 6.18. The molecule has 1 amide bonds. The van der Waals surface area contributed by atoms with Crippen molar-refractivity contribution in [1.29, 1.82) is 0 Å². The molecule has 0 spiro atoms. The Hall–Kier alpha value is -3.40. The normalized spacial score (nSPS) is 11.4. The molecule has 1 atom stereocenters. The van der Waals surface area contributed by atoms with Crippen LogP contribution in [0.15, 0.2) is 91.0 Å². The van der Waals surface area contributed by atoms with E-state index in [0.717, 1.165) is 11.1 Å². The topological polar surface area (TPSA) is 55.4 Å². The van der Waals surface area contributed by atoms with E-state index < -0.39 is 12.0 Å². The molecule has 0 aliphatic heterocycles. The number of esters is 1. The average molecular weight is 359 g/mol. The average Bonchev–Trinajstić information content (AvgIpc) is 2.73. The fourth-order valence-corrected chi connectivity index (χ4v) is 2.70. The van der Waals surface area contributed by atoms with Gasteiger partial charge in [-0.3, -0.25) is 4.79 Å². The Balaban J connectivity index is 1.70. The van der Waals surface area contributed by atoms with Crippen molar-refractivity contribution in [2.24, 2.45) is 0 Å². The Kier molecular flexibility index (Phi) is 6.36. The highest BCUT2D eigenvalue weighted by molar-refractivity contribution is 5.96. The molecule has 0 radical (unpaired) electrons. The zero-order valence-electron chi connectivity index (χ0n) is 14.9. The van der Waals surface area contributed by atoms with Crippen LogP contribution in [0.3, 0.4) is 0 Å². The van der Waals surface area contributed by atoms with E-state index in [1.165, 1.54) is 0 Å². The molecule has 0 heterocycles. The Morgan fingerprint density at radius 2 is 1.26 bits per heavy atom. The van der Waals surface area contributed by atoms with E-state index in [1.54, 1.807) is 24.3 Å². The van der Waals surface area contributed by atoms with Crippen molar-refractivity contribution >= 4 is 11.9 Å². The highest BCUT2D eigenvalue weighted by Crippen LogP contribution is 2.09. The number of carbonyl (C=O) groups is 2. The molecule has 0 aliphatic carbocycles. The molecular weight excluding hydrogens is 338 g/mol. The van der Waals surface area contributed by atoms with Crippen molar-refractivity contribution in [3.8, 4) is 0 Å². The van der Waals surface area contributed by atoms with Crippen molar-refractivity contribution in [2.45, 2.75) is 19.1 Å². The third-order valence-corrected chi connectivity index (χ3v) is 4.13. The summed E-state index contributed by atoms with van der Waals surface area (Å²) in [5, 5.41) is 2.80. The first-order valence-corrected chi connectivity index (χ1v) is 8.83. The Labute approximate surface area is 158 Å². The van der Waals surface area contributed by atoms with E-state index in [-0.39, 0.29) is 12.5 Å². The first kappa shape index (κ1) is 18.4. The molecular formula is C23H21NO3. The summed E-state index contributed by atoms with van der Waals surface area (Å²) in [5.74, 6) is -0.750. The van der Waals surface area contributed by atoms with Gasteiger partial charge in [-0.15, -0.1) is 0 Å². The molecule has 3 aromatic carbocycles. The van der Waals surface area contributed by atoms with Gasteiger partial charge in [0, 0.05) is 12.0 Å². The molecule has 0 saturated carbocycles. The van der Waals surface area contributed by atoms with E-state index in [1.807, 2.05) is 66.7 Å². The standard InChI is InChI=1S/C23H21NO3/c25-22(20-14-8-3-9-15-20)24-21(16-18-10-4-1-5-11-18)23(26)27-17-19-12-6-2-7-13-19/h1-15,21H,16-17H2,(H,24,25)/t21-/m0/s1. The van der Waals surface area contributed by atoms with E-state index >= 15 is 0 Å². The van der Waals surface area contributed by atoms with Gasteiger partial charge in [0.1, 0.15) is 12.6 Å². The number of amides is 1. The molecule has 3 aromatic rings. The number of nitrogens with one attached hydrogen (secondary N) is 1. The van der Waals surface area contributed by atoms with Gasteiger partial charge < -0.3 is 10.1 Å². The fraction of sp³-hybridized carbons (Fsp3) is 0.130. The SMILES string of the molecule is O=C(N[C@@H](Cc1ccccc1)C(=O)OCc1ccccc1)c1ccccc1. The second-order valence-corrected chi connectivity index (χ2v) is 6.18. The van der Waals surface area contributed by atoms with E-state index in [2.05, 4.69) is 5.32 Å². The van der Waals surface area contributed by atoms with Crippen molar-refractivity contribution < 1.29 is 14.3 Å². The summed E-state index contributed by atoms with van der Waals surface area (Å²) >= 11 is 0. The summed E-state index contributed by atoms with van der Waals surface area (Å²) in [5.41, 5.74) is 2.36. The molecule has 4 heteroatoms. The maximum absolute atomic E-state index is 12.7. The van der Waals surface area contributed by atoms with Crippen LogP contribution in [0.2, 0.25) is 0 Å². The number of hydrogen-bond donors (Lipinski definition) is 1. The third kappa shape index (κ3) is 5.54. The predicted molar refractivity (Wildman–Crippen MR) is 104 cm³/mol. The van der Waals surface area contributed by atoms with Crippen molar-refractivity contribution in [1.82, 2.24) is 5.32 Å². The van der Waals surface area contributed by atoms with Crippen molar-refractivity contribution in [3.05, 3.63) is 108 Å². The predicted octanol–water partition coefficient (Wildman–Crippen LogP) is 3.77. The zero-order valence-corrected chi connectivity index (χ0v) is 14.9. The Morgan fingerprint density at radius 1 is 0.741 bits per heavy atom. The maximum atomic E-state index is 12.7. The summed E-state index contributed by atoms with van der Waals surface area (Å²) in [6, 6.07) is 27.1. The summed E-state index contributed by atoms with van der Waals surface area (Å²) in [7, 11) is 0. The van der Waals surface area contributed by atoms with Gasteiger partial charge in [-0.25, -0.2) is 4.79 Å². The lowest BCUT2D eigenvalue weighted by molar-refractivity contribution is -0.147. The largest absolute Gasteiger partial charge is 0.459 e. The second kappa shape index (κ2) is 9.34. The first-order chi connectivity index (χ1) is 13.2. The Bertz CT molecular complexity index is 864. The minimum Gasteiger partial charge on any atom is -0.459 e. The molecule has 0 aliphatic rings. The van der Waals surface area contributed by atoms with Crippen LogP contribution >= 0.6 is 0 Å². The van der Waals surface area contributed by atoms with Crippen LogP contribution in [0.4, 0.5) is 0 Å². The van der Waals surface area contributed by atoms with Gasteiger partial charge in [0.15, 0.2) is 0 Å². The number of hydrogen-bond acceptors (Lipinski definition) is 3. The smallest absolute Gasteiger partial charge is 0.329 e. The number of carbonyl (C=O) groups excluding carboxylic acids is 2. The first-order valence-electron chi connectivity index (χ1n) is 8.83. The van der Waals surface area contributed by atoms with Crippen molar-refractivity contribution in [3.63, 3.8) is 0 Å². The lowest BCUT2D eigenvalue weighted by Crippen LogP contribution is -2.43. The highest BCUT2D eigenvalue weighted by Gasteiger charge is 2.23. The van der Waals surface area contributed by atoms with Gasteiger partial charge in [-0.2, -0.15) is 0 Å². The molecule has 27 heavy (non-hydrogen) atoms. The number of rotatable bonds is 7. The molecule has 0 bridgehead atoms. The van der Waals surface area contributed by atoms with Crippen LogP contribution in [0.25, 0.3) is 0 Å². The molecule has 0 unspecified atom stereocenters. The minimum absolute atomic E-state index is 0.173. The van der Waals surface area contributed by atoms with E-state index in [4.69, 9.17) is 4.74 Å². The third-order valence-electron chi connectivity index (χ3n) is 4.13. The summed E-state index contributed by atoms with van der Waals surface area (Å²) < 4.78 is 5.45. The van der Waals surface area contributed by atoms with E-state index in [9.17, 15) is 9.59 Å². The van der Waals surface area contributed by atoms with Gasteiger partial charge in [0.2, 0.25) is 0 Å². The number of ether oxygens (including phenoxy) is 1. The van der Waals surface area contributed by atoms with Crippen molar-refractivity contribution in [2.75, 3.05) is 0 Å². The van der Waals surface area contributed by atoms with Crippen LogP contribution in [0.5, 0.6) is 0 Å². The van der Waals surface area contributed by atoms with Crippen LogP contribution in [-0.4, -0.2) is 17.9 Å². The fourth-order valence-electron chi connectivity index (χ4n) is 2.70. The zero-order chi connectivity index (χ0) is 18.9. The van der Waals surface area contributed by atoms with Gasteiger partial charge >= 0.3 is 5.97 Å². The molecule has 0 aromatic heterocycles. The lowest BCUT2D eigenvalue weighted by Gasteiger charge is -2.18. The lowest BCUT2D eigenvalue weighted by atomic mass is 10.1. The quantitative estimate of drug-likeness (QED) is 0.653. The number of benzene rings is 3. The molecule has 4 nitrogen and oxygen atoms in total. The van der Waals surface area contributed by atoms with Gasteiger partial charge in [0.25, 0.3) is 5.91 Å². The van der Waals surface area contributed by atoms with Crippen LogP contribution in [0, 0.1) is 0 Å². The van der Waals surface area contributed by atoms with Crippen LogP contribution in [-0.2, 0) is 22.6 Å². The monoisotopic (exact) mass is 359 g/mol. The Morgan fingerprint density at radius 3 is 1.85 bits per heavy atom.